The lowest BCUT2D eigenvalue weighted by molar-refractivity contribution is 0.0949. The van der Waals surface area contributed by atoms with Crippen molar-refractivity contribution in [1.29, 1.82) is 0 Å². The van der Waals surface area contributed by atoms with E-state index in [2.05, 4.69) is 15.5 Å². The van der Waals surface area contributed by atoms with E-state index in [0.717, 1.165) is 5.56 Å². The molecule has 0 atom stereocenters. The number of hydrogen-bond donors (Lipinski definition) is 1. The van der Waals surface area contributed by atoms with Gasteiger partial charge in [-0.3, -0.25) is 9.48 Å². The number of halogens is 2. The summed E-state index contributed by atoms with van der Waals surface area (Å²) in [7, 11) is 1.81. The van der Waals surface area contributed by atoms with E-state index in [4.69, 9.17) is 0 Å². The van der Waals surface area contributed by atoms with Crippen LogP contribution < -0.4 is 5.32 Å². The lowest BCUT2D eigenvalue weighted by atomic mass is 9.99. The number of rotatable bonds is 5. The number of aryl methyl sites for hydroxylation is 2. The van der Waals surface area contributed by atoms with Gasteiger partial charge in [0.25, 0.3) is 5.91 Å². The Labute approximate surface area is 178 Å². The zero-order valence-corrected chi connectivity index (χ0v) is 17.8. The summed E-state index contributed by atoms with van der Waals surface area (Å²) in [6, 6.07) is 7.16. The van der Waals surface area contributed by atoms with Crippen LogP contribution in [0.2, 0.25) is 0 Å². The molecule has 1 N–H and O–H groups in total. The van der Waals surface area contributed by atoms with Crippen LogP contribution in [0.5, 0.6) is 0 Å². The first-order valence-electron chi connectivity index (χ1n) is 10.00. The Morgan fingerprint density at radius 2 is 1.84 bits per heavy atom. The van der Waals surface area contributed by atoms with Crippen LogP contribution in [0.25, 0.3) is 16.6 Å². The smallest absolute Gasteiger partial charge is 0.253 e. The van der Waals surface area contributed by atoms with E-state index in [1.54, 1.807) is 34.5 Å². The van der Waals surface area contributed by atoms with Crippen LogP contribution in [0.15, 0.2) is 42.7 Å². The molecule has 4 rings (SSSR count). The number of amides is 1. The predicted octanol–water partition coefficient (Wildman–Crippen LogP) is 4.37. The fourth-order valence-electron chi connectivity index (χ4n) is 3.88. The van der Waals surface area contributed by atoms with Crippen LogP contribution in [0.3, 0.4) is 0 Å². The lowest BCUT2D eigenvalue weighted by Gasteiger charge is -2.15. The first kappa shape index (κ1) is 20.7. The van der Waals surface area contributed by atoms with Crippen LogP contribution in [0.4, 0.5) is 8.78 Å². The summed E-state index contributed by atoms with van der Waals surface area (Å²) in [4.78, 5) is 13.0. The summed E-state index contributed by atoms with van der Waals surface area (Å²) >= 11 is 0. The number of nitrogens with one attached hydrogen (secondary N) is 1. The molecule has 0 radical (unpaired) electrons. The Morgan fingerprint density at radius 3 is 2.45 bits per heavy atom. The molecule has 6 nitrogen and oxygen atoms in total. The molecule has 1 amide bonds. The van der Waals surface area contributed by atoms with Crippen molar-refractivity contribution in [3.8, 4) is 11.1 Å². The second-order valence-corrected chi connectivity index (χ2v) is 7.85. The highest BCUT2D eigenvalue weighted by atomic mass is 19.1. The molecule has 0 saturated heterocycles. The maximum atomic E-state index is 14.5. The van der Waals surface area contributed by atoms with Crippen LogP contribution in [0, 0.1) is 18.6 Å². The number of carbonyl (C=O) groups is 1. The molecule has 3 aromatic heterocycles. The zero-order valence-electron chi connectivity index (χ0n) is 17.8. The van der Waals surface area contributed by atoms with Gasteiger partial charge >= 0.3 is 0 Å². The number of nitrogens with zero attached hydrogens (tertiary/aromatic N) is 4. The van der Waals surface area contributed by atoms with E-state index in [1.807, 2.05) is 27.1 Å². The summed E-state index contributed by atoms with van der Waals surface area (Å²) in [5.74, 6) is -1.61. The molecule has 0 unspecified atom stereocenters. The van der Waals surface area contributed by atoms with E-state index in [9.17, 15) is 13.6 Å². The largest absolute Gasteiger partial charge is 0.348 e. The van der Waals surface area contributed by atoms with Gasteiger partial charge in [0.15, 0.2) is 0 Å². The summed E-state index contributed by atoms with van der Waals surface area (Å²) < 4.78 is 32.3. The molecule has 160 valence electrons. The van der Waals surface area contributed by atoms with Gasteiger partial charge in [0.2, 0.25) is 0 Å². The molecule has 0 fully saturated rings. The van der Waals surface area contributed by atoms with E-state index in [-0.39, 0.29) is 17.4 Å². The highest BCUT2D eigenvalue weighted by molar-refractivity contribution is 5.96. The van der Waals surface area contributed by atoms with Crippen molar-refractivity contribution in [3.05, 3.63) is 76.9 Å². The maximum Gasteiger partial charge on any atom is 0.253 e. The van der Waals surface area contributed by atoms with Crippen molar-refractivity contribution in [1.82, 2.24) is 24.7 Å². The summed E-state index contributed by atoms with van der Waals surface area (Å²) in [6.45, 7) is 5.95. The monoisotopic (exact) mass is 423 g/mol. The van der Waals surface area contributed by atoms with Crippen LogP contribution >= 0.6 is 0 Å². The molecule has 4 aromatic rings. The van der Waals surface area contributed by atoms with Gasteiger partial charge in [-0.15, -0.1) is 0 Å². The van der Waals surface area contributed by atoms with Crippen LogP contribution in [-0.4, -0.2) is 25.3 Å². The molecular formula is C23H23F2N5O. The minimum Gasteiger partial charge on any atom is -0.348 e. The normalized spacial score (nSPS) is 11.5. The quantitative estimate of drug-likeness (QED) is 0.518. The molecule has 0 aliphatic heterocycles. The van der Waals surface area contributed by atoms with Crippen molar-refractivity contribution in [2.45, 2.75) is 33.2 Å². The number of fused-ring (bicyclic) bond motifs is 1. The minimum atomic E-state index is -0.651. The molecule has 0 bridgehead atoms. The SMILES string of the molecule is Cc1nn2c(C(C)C)c(C(=O)NCc3cnn(C)c3)ccc2c1-c1c(F)cccc1F. The summed E-state index contributed by atoms with van der Waals surface area (Å²) in [6.07, 6.45) is 3.53. The molecule has 0 spiro atoms. The second-order valence-electron chi connectivity index (χ2n) is 7.85. The van der Waals surface area contributed by atoms with E-state index in [0.29, 0.717) is 34.6 Å². The zero-order chi connectivity index (χ0) is 22.3. The Morgan fingerprint density at radius 1 is 1.13 bits per heavy atom. The molecule has 1 aromatic carbocycles. The van der Waals surface area contributed by atoms with Gasteiger partial charge in [-0.05, 0) is 37.1 Å². The summed E-state index contributed by atoms with van der Waals surface area (Å²) in [5, 5.41) is 11.6. The molecular weight excluding hydrogens is 400 g/mol. The van der Waals surface area contributed by atoms with Crippen molar-refractivity contribution in [3.63, 3.8) is 0 Å². The van der Waals surface area contributed by atoms with Crippen molar-refractivity contribution < 1.29 is 13.6 Å². The second kappa shape index (κ2) is 7.94. The third-order valence-electron chi connectivity index (χ3n) is 5.22. The van der Waals surface area contributed by atoms with Gasteiger partial charge in [-0.1, -0.05) is 19.9 Å². The summed E-state index contributed by atoms with van der Waals surface area (Å²) in [5.41, 5.74) is 3.34. The van der Waals surface area contributed by atoms with Crippen molar-refractivity contribution in [2.24, 2.45) is 7.05 Å². The maximum absolute atomic E-state index is 14.5. The molecule has 0 aliphatic carbocycles. The van der Waals surface area contributed by atoms with Crippen LogP contribution in [-0.2, 0) is 13.6 Å². The first-order chi connectivity index (χ1) is 14.8. The number of pyridine rings is 1. The highest BCUT2D eigenvalue weighted by Crippen LogP contribution is 2.34. The number of aromatic nitrogens is 4. The predicted molar refractivity (Wildman–Crippen MR) is 114 cm³/mol. The highest BCUT2D eigenvalue weighted by Gasteiger charge is 2.24. The first-order valence-corrected chi connectivity index (χ1v) is 10.00. The molecule has 3 heterocycles. The molecule has 0 aliphatic rings. The Kier molecular flexibility index (Phi) is 5.31. The Balaban J connectivity index is 1.80. The Bertz CT molecular complexity index is 1270. The molecule has 31 heavy (non-hydrogen) atoms. The number of carbonyl (C=O) groups excluding carboxylic acids is 1. The van der Waals surface area contributed by atoms with Crippen LogP contribution in [0.1, 0.15) is 47.1 Å². The van der Waals surface area contributed by atoms with Gasteiger partial charge in [0, 0.05) is 30.9 Å². The third kappa shape index (κ3) is 3.69. The van der Waals surface area contributed by atoms with Gasteiger partial charge < -0.3 is 5.32 Å². The topological polar surface area (TPSA) is 64.2 Å². The number of benzene rings is 1. The lowest BCUT2D eigenvalue weighted by Crippen LogP contribution is -2.25. The fraction of sp³-hybridized carbons (Fsp3) is 0.261. The third-order valence-corrected chi connectivity index (χ3v) is 5.22. The van der Waals surface area contributed by atoms with Gasteiger partial charge in [-0.2, -0.15) is 10.2 Å². The minimum absolute atomic E-state index is 0.0551. The van der Waals surface area contributed by atoms with Gasteiger partial charge in [0.05, 0.1) is 34.2 Å². The van der Waals surface area contributed by atoms with E-state index >= 15 is 0 Å². The van der Waals surface area contributed by atoms with E-state index < -0.39 is 11.6 Å². The van der Waals surface area contributed by atoms with Gasteiger partial charge in [-0.25, -0.2) is 13.3 Å². The molecule has 8 heteroatoms. The standard InChI is InChI=1S/C23H23F2N5O/c1-13(2)22-16(23(31)26-10-15-11-27-29(4)12-15)8-9-19-20(14(3)28-30(19)22)21-17(24)6-5-7-18(21)25/h5-9,11-13H,10H2,1-4H3,(H,26,31). The fourth-order valence-corrected chi connectivity index (χ4v) is 3.88. The van der Waals surface area contributed by atoms with E-state index in [1.165, 1.54) is 18.2 Å². The average molecular weight is 423 g/mol. The van der Waals surface area contributed by atoms with Crippen molar-refractivity contribution in [2.75, 3.05) is 0 Å². The van der Waals surface area contributed by atoms with Gasteiger partial charge in [0.1, 0.15) is 11.6 Å². The average Bonchev–Trinajstić information content (AvgIpc) is 3.27. The number of hydrogen-bond acceptors (Lipinski definition) is 3. The molecule has 0 saturated carbocycles. The van der Waals surface area contributed by atoms with Crippen molar-refractivity contribution >= 4 is 11.4 Å². The Hall–Kier alpha value is -3.55.